The van der Waals surface area contributed by atoms with Crippen molar-refractivity contribution in [2.45, 2.75) is 45.2 Å². The van der Waals surface area contributed by atoms with Crippen molar-refractivity contribution in [3.8, 4) is 0 Å². The Bertz CT molecular complexity index is 406. The van der Waals surface area contributed by atoms with E-state index in [1.165, 1.54) is 36.1 Å². The highest BCUT2D eigenvalue weighted by Gasteiger charge is 2.20. The number of benzene rings is 1. The SMILES string of the molecule is CNCc1ccc(N2CCCCCC2CO)cc1C. The molecule has 0 spiro atoms. The minimum atomic E-state index is 0.261. The molecule has 1 aliphatic rings. The summed E-state index contributed by atoms with van der Waals surface area (Å²) in [6.07, 6.45) is 4.85. The highest BCUT2D eigenvalue weighted by Crippen LogP contribution is 2.26. The van der Waals surface area contributed by atoms with Gasteiger partial charge in [0.15, 0.2) is 0 Å². The molecule has 2 rings (SSSR count). The van der Waals surface area contributed by atoms with Crippen LogP contribution in [-0.4, -0.2) is 31.3 Å². The molecule has 0 amide bonds. The monoisotopic (exact) mass is 262 g/mol. The second-order valence-electron chi connectivity index (χ2n) is 5.52. The number of aryl methyl sites for hydroxylation is 1. The summed E-state index contributed by atoms with van der Waals surface area (Å²) in [6.45, 7) is 4.41. The number of rotatable bonds is 4. The number of aliphatic hydroxyl groups excluding tert-OH is 1. The standard InChI is InChI=1S/C16H26N2O/c1-13-10-15(8-7-14(13)11-17-2)18-9-5-3-4-6-16(18)12-19/h7-8,10,16-17,19H,3-6,9,11-12H2,1-2H3. The fourth-order valence-corrected chi connectivity index (χ4v) is 2.95. The molecule has 0 bridgehead atoms. The van der Waals surface area contributed by atoms with Crippen LogP contribution in [0, 0.1) is 6.92 Å². The Hall–Kier alpha value is -1.06. The Morgan fingerprint density at radius 1 is 1.32 bits per heavy atom. The maximum Gasteiger partial charge on any atom is 0.0635 e. The predicted molar refractivity (Wildman–Crippen MR) is 80.6 cm³/mol. The molecular weight excluding hydrogens is 236 g/mol. The quantitative estimate of drug-likeness (QED) is 0.875. The number of hydrogen-bond acceptors (Lipinski definition) is 3. The van der Waals surface area contributed by atoms with E-state index in [1.807, 2.05) is 7.05 Å². The Morgan fingerprint density at radius 2 is 2.16 bits per heavy atom. The lowest BCUT2D eigenvalue weighted by Crippen LogP contribution is -2.37. The third-order valence-corrected chi connectivity index (χ3v) is 4.11. The number of aliphatic hydroxyl groups is 1. The molecule has 1 fully saturated rings. The first-order chi connectivity index (χ1) is 9.26. The third-order valence-electron chi connectivity index (χ3n) is 4.11. The molecule has 0 radical (unpaired) electrons. The van der Waals surface area contributed by atoms with Crippen molar-refractivity contribution in [3.05, 3.63) is 29.3 Å². The van der Waals surface area contributed by atoms with Gasteiger partial charge in [-0.05, 0) is 50.1 Å². The summed E-state index contributed by atoms with van der Waals surface area (Å²) in [7, 11) is 1.98. The molecule has 0 aliphatic carbocycles. The molecule has 0 saturated carbocycles. The lowest BCUT2D eigenvalue weighted by molar-refractivity contribution is 0.255. The zero-order valence-electron chi connectivity index (χ0n) is 12.2. The molecule has 1 unspecified atom stereocenters. The van der Waals surface area contributed by atoms with E-state index in [0.29, 0.717) is 0 Å². The van der Waals surface area contributed by atoms with Crippen LogP contribution in [-0.2, 0) is 6.54 Å². The average Bonchev–Trinajstić information content (AvgIpc) is 2.66. The van der Waals surface area contributed by atoms with E-state index in [4.69, 9.17) is 0 Å². The summed E-state index contributed by atoms with van der Waals surface area (Å²) in [5, 5.41) is 12.8. The van der Waals surface area contributed by atoms with Crippen LogP contribution in [0.2, 0.25) is 0 Å². The summed E-state index contributed by atoms with van der Waals surface area (Å²) in [6, 6.07) is 6.96. The Labute approximate surface area is 116 Å². The molecule has 1 atom stereocenters. The van der Waals surface area contributed by atoms with E-state index in [9.17, 15) is 5.11 Å². The summed E-state index contributed by atoms with van der Waals surface area (Å²) < 4.78 is 0. The molecule has 3 heteroatoms. The lowest BCUT2D eigenvalue weighted by atomic mass is 10.1. The van der Waals surface area contributed by atoms with Crippen LogP contribution >= 0.6 is 0 Å². The van der Waals surface area contributed by atoms with Gasteiger partial charge in [-0.15, -0.1) is 0 Å². The molecule has 1 aromatic carbocycles. The summed E-state index contributed by atoms with van der Waals surface area (Å²) in [4.78, 5) is 2.39. The van der Waals surface area contributed by atoms with Gasteiger partial charge < -0.3 is 15.3 Å². The summed E-state index contributed by atoms with van der Waals surface area (Å²) in [5.41, 5.74) is 3.94. The lowest BCUT2D eigenvalue weighted by Gasteiger charge is -2.31. The number of anilines is 1. The van der Waals surface area contributed by atoms with Crippen LogP contribution in [0.3, 0.4) is 0 Å². The second kappa shape index (κ2) is 6.92. The Balaban J connectivity index is 2.21. The van der Waals surface area contributed by atoms with Gasteiger partial charge in [-0.3, -0.25) is 0 Å². The molecule has 2 N–H and O–H groups in total. The van der Waals surface area contributed by atoms with Crippen molar-refractivity contribution in [2.24, 2.45) is 0 Å². The van der Waals surface area contributed by atoms with Gasteiger partial charge >= 0.3 is 0 Å². The minimum Gasteiger partial charge on any atom is -0.394 e. The van der Waals surface area contributed by atoms with Crippen molar-refractivity contribution >= 4 is 5.69 Å². The van der Waals surface area contributed by atoms with Crippen LogP contribution < -0.4 is 10.2 Å². The topological polar surface area (TPSA) is 35.5 Å². The van der Waals surface area contributed by atoms with Crippen molar-refractivity contribution in [3.63, 3.8) is 0 Å². The van der Waals surface area contributed by atoms with Crippen LogP contribution in [0.1, 0.15) is 36.8 Å². The van der Waals surface area contributed by atoms with E-state index in [1.54, 1.807) is 0 Å². The highest BCUT2D eigenvalue weighted by molar-refractivity contribution is 5.52. The van der Waals surface area contributed by atoms with E-state index in [0.717, 1.165) is 19.5 Å². The molecular formula is C16H26N2O. The summed E-state index contributed by atoms with van der Waals surface area (Å²) in [5.74, 6) is 0. The number of nitrogens with one attached hydrogen (secondary N) is 1. The molecule has 1 heterocycles. The second-order valence-corrected chi connectivity index (χ2v) is 5.52. The van der Waals surface area contributed by atoms with E-state index in [-0.39, 0.29) is 12.6 Å². The van der Waals surface area contributed by atoms with Crippen LogP contribution in [0.15, 0.2) is 18.2 Å². The number of nitrogens with zero attached hydrogens (tertiary/aromatic N) is 1. The smallest absolute Gasteiger partial charge is 0.0635 e. The first-order valence-corrected chi connectivity index (χ1v) is 7.38. The zero-order chi connectivity index (χ0) is 13.7. The molecule has 19 heavy (non-hydrogen) atoms. The fraction of sp³-hybridized carbons (Fsp3) is 0.625. The Kier molecular flexibility index (Phi) is 5.23. The third kappa shape index (κ3) is 3.48. The molecule has 3 nitrogen and oxygen atoms in total. The maximum atomic E-state index is 9.60. The average molecular weight is 262 g/mol. The van der Waals surface area contributed by atoms with E-state index >= 15 is 0 Å². The van der Waals surface area contributed by atoms with E-state index < -0.39 is 0 Å². The van der Waals surface area contributed by atoms with Crippen LogP contribution in [0.4, 0.5) is 5.69 Å². The first kappa shape index (κ1) is 14.4. The largest absolute Gasteiger partial charge is 0.394 e. The van der Waals surface area contributed by atoms with Gasteiger partial charge in [0.2, 0.25) is 0 Å². The normalized spacial score (nSPS) is 20.4. The Morgan fingerprint density at radius 3 is 2.84 bits per heavy atom. The molecule has 1 saturated heterocycles. The van der Waals surface area contributed by atoms with Gasteiger partial charge in [-0.25, -0.2) is 0 Å². The van der Waals surface area contributed by atoms with Gasteiger partial charge in [-0.1, -0.05) is 18.9 Å². The highest BCUT2D eigenvalue weighted by atomic mass is 16.3. The van der Waals surface area contributed by atoms with Crippen molar-refractivity contribution in [2.75, 3.05) is 25.1 Å². The molecule has 106 valence electrons. The summed E-state index contributed by atoms with van der Waals surface area (Å²) >= 11 is 0. The molecule has 1 aromatic rings. The van der Waals surface area contributed by atoms with Gasteiger partial charge in [0.1, 0.15) is 0 Å². The first-order valence-electron chi connectivity index (χ1n) is 7.38. The van der Waals surface area contributed by atoms with Crippen molar-refractivity contribution in [1.29, 1.82) is 0 Å². The molecule has 0 aromatic heterocycles. The van der Waals surface area contributed by atoms with Crippen molar-refractivity contribution in [1.82, 2.24) is 5.32 Å². The van der Waals surface area contributed by atoms with Gasteiger partial charge in [-0.2, -0.15) is 0 Å². The number of hydrogen-bond donors (Lipinski definition) is 2. The minimum absolute atomic E-state index is 0.261. The fourth-order valence-electron chi connectivity index (χ4n) is 2.95. The zero-order valence-corrected chi connectivity index (χ0v) is 12.2. The maximum absolute atomic E-state index is 9.60. The van der Waals surface area contributed by atoms with Gasteiger partial charge in [0, 0.05) is 18.8 Å². The van der Waals surface area contributed by atoms with E-state index in [2.05, 4.69) is 35.3 Å². The van der Waals surface area contributed by atoms with Gasteiger partial charge in [0.25, 0.3) is 0 Å². The van der Waals surface area contributed by atoms with Gasteiger partial charge in [0.05, 0.1) is 12.6 Å². The van der Waals surface area contributed by atoms with Crippen molar-refractivity contribution < 1.29 is 5.11 Å². The molecule has 1 aliphatic heterocycles. The van der Waals surface area contributed by atoms with Crippen LogP contribution in [0.25, 0.3) is 0 Å². The predicted octanol–water partition coefficient (Wildman–Crippen LogP) is 2.46. The van der Waals surface area contributed by atoms with Crippen LogP contribution in [0.5, 0.6) is 0 Å².